The zero-order valence-electron chi connectivity index (χ0n) is 21.0. The van der Waals surface area contributed by atoms with Crippen LogP contribution in [0.25, 0.3) is 0 Å². The normalized spacial score (nSPS) is 12.6. The van der Waals surface area contributed by atoms with E-state index in [0.29, 0.717) is 19.3 Å². The van der Waals surface area contributed by atoms with Crippen LogP contribution >= 0.6 is 0 Å². The van der Waals surface area contributed by atoms with Gasteiger partial charge in [0.05, 0.1) is 6.10 Å². The van der Waals surface area contributed by atoms with Crippen LogP contribution in [0.3, 0.4) is 0 Å². The Balaban J connectivity index is 3.32. The van der Waals surface area contributed by atoms with Crippen LogP contribution in [0.4, 0.5) is 0 Å². The number of aliphatic carboxylic acids is 1. The van der Waals surface area contributed by atoms with Crippen molar-refractivity contribution in [1.29, 1.82) is 0 Å². The summed E-state index contributed by atoms with van der Waals surface area (Å²) in [5.41, 5.74) is 0. The molecule has 0 aliphatic heterocycles. The third kappa shape index (κ3) is 24.7. The summed E-state index contributed by atoms with van der Waals surface area (Å²) >= 11 is 0. The molecule has 0 saturated carbocycles. The molecule has 0 aromatic heterocycles. The molecule has 4 heteroatoms. The monoisotopic (exact) mass is 450 g/mol. The third-order valence-electron chi connectivity index (χ3n) is 5.67. The summed E-state index contributed by atoms with van der Waals surface area (Å²) in [4.78, 5) is 22.3. The Labute approximate surface area is 197 Å². The van der Waals surface area contributed by atoms with Gasteiger partial charge in [0.1, 0.15) is 0 Å². The number of allylic oxidation sites excluding steroid dienone is 4. The summed E-state index contributed by atoms with van der Waals surface area (Å²) in [6.07, 6.45) is 29.3. The average Bonchev–Trinajstić information content (AvgIpc) is 2.75. The lowest BCUT2D eigenvalue weighted by atomic mass is 10.1. The lowest BCUT2D eigenvalue weighted by Crippen LogP contribution is -2.15. The van der Waals surface area contributed by atoms with Crippen LogP contribution in [0, 0.1) is 0 Å². The number of rotatable bonds is 23. The van der Waals surface area contributed by atoms with Crippen molar-refractivity contribution in [3.05, 3.63) is 24.3 Å². The van der Waals surface area contributed by atoms with Crippen molar-refractivity contribution < 1.29 is 19.4 Å². The van der Waals surface area contributed by atoms with E-state index in [4.69, 9.17) is 9.84 Å². The Morgan fingerprint density at radius 1 is 0.719 bits per heavy atom. The lowest BCUT2D eigenvalue weighted by Gasteiger charge is -2.12. The van der Waals surface area contributed by atoms with Gasteiger partial charge in [-0.25, -0.2) is 0 Å². The minimum atomic E-state index is -0.798. The van der Waals surface area contributed by atoms with E-state index in [1.54, 1.807) is 0 Å². The van der Waals surface area contributed by atoms with Gasteiger partial charge in [0.15, 0.2) is 0 Å². The van der Waals surface area contributed by atoms with Gasteiger partial charge in [0, 0.05) is 12.8 Å². The number of carbonyl (C=O) groups excluding carboxylic acids is 1. The minimum Gasteiger partial charge on any atom is -0.481 e. The molecule has 1 N–H and O–H groups in total. The van der Waals surface area contributed by atoms with E-state index in [0.717, 1.165) is 19.3 Å². The van der Waals surface area contributed by atoms with Crippen LogP contribution in [-0.2, 0) is 14.3 Å². The average molecular weight is 451 g/mol. The minimum absolute atomic E-state index is 0.135. The zero-order valence-corrected chi connectivity index (χ0v) is 21.0. The van der Waals surface area contributed by atoms with Gasteiger partial charge in [-0.05, 0) is 58.3 Å². The Morgan fingerprint density at radius 3 is 1.81 bits per heavy atom. The first-order valence-electron chi connectivity index (χ1n) is 13.3. The predicted octanol–water partition coefficient (Wildman–Crippen LogP) is 8.55. The van der Waals surface area contributed by atoms with Crippen molar-refractivity contribution >= 4 is 11.9 Å². The summed E-state index contributed by atoms with van der Waals surface area (Å²) < 4.78 is 5.33. The third-order valence-corrected chi connectivity index (χ3v) is 5.67. The molecule has 4 nitrogen and oxygen atoms in total. The molecule has 0 spiro atoms. The van der Waals surface area contributed by atoms with Gasteiger partial charge < -0.3 is 9.84 Å². The van der Waals surface area contributed by atoms with E-state index in [2.05, 4.69) is 31.2 Å². The van der Waals surface area contributed by atoms with Crippen molar-refractivity contribution in [2.45, 2.75) is 142 Å². The summed E-state index contributed by atoms with van der Waals surface area (Å²) in [5, 5.41) is 8.62. The fraction of sp³-hybridized carbons (Fsp3) is 0.786. The van der Waals surface area contributed by atoms with E-state index in [9.17, 15) is 9.59 Å². The first kappa shape index (κ1) is 30.4. The number of ether oxygens (including phenoxy) is 1. The standard InChI is InChI=1S/C28H50O4/c1-3-4-5-6-7-8-9-10-11-12-13-14-15-16-17-18-19-20-21-25-28(31)32-26(2)23-22-24-27(29)30/h7-8,10-11,26H,3-6,9,12-25H2,1-2H3,(H,29,30)/b8-7-,11-10-. The number of carboxylic acids is 1. The fourth-order valence-corrected chi connectivity index (χ4v) is 3.67. The van der Waals surface area contributed by atoms with Gasteiger partial charge in [-0.2, -0.15) is 0 Å². The summed E-state index contributed by atoms with van der Waals surface area (Å²) in [6.45, 7) is 4.08. The first-order chi connectivity index (χ1) is 15.6. The van der Waals surface area contributed by atoms with Crippen molar-refractivity contribution in [1.82, 2.24) is 0 Å². The first-order valence-corrected chi connectivity index (χ1v) is 13.3. The topological polar surface area (TPSA) is 63.6 Å². The summed E-state index contributed by atoms with van der Waals surface area (Å²) in [6, 6.07) is 0. The highest BCUT2D eigenvalue weighted by Crippen LogP contribution is 2.13. The lowest BCUT2D eigenvalue weighted by molar-refractivity contribution is -0.148. The highest BCUT2D eigenvalue weighted by molar-refractivity contribution is 5.69. The predicted molar refractivity (Wildman–Crippen MR) is 135 cm³/mol. The molecule has 0 fully saturated rings. The smallest absolute Gasteiger partial charge is 0.306 e. The fourth-order valence-electron chi connectivity index (χ4n) is 3.67. The second-order valence-corrected chi connectivity index (χ2v) is 8.98. The maximum absolute atomic E-state index is 11.8. The van der Waals surface area contributed by atoms with Crippen LogP contribution < -0.4 is 0 Å². The largest absolute Gasteiger partial charge is 0.481 e. The van der Waals surface area contributed by atoms with E-state index in [1.165, 1.54) is 77.0 Å². The molecule has 0 rings (SSSR count). The van der Waals surface area contributed by atoms with Gasteiger partial charge in [0.25, 0.3) is 0 Å². The number of carbonyl (C=O) groups is 2. The Morgan fingerprint density at radius 2 is 1.25 bits per heavy atom. The van der Waals surface area contributed by atoms with Crippen LogP contribution in [0.15, 0.2) is 24.3 Å². The number of unbranched alkanes of at least 4 members (excludes halogenated alkanes) is 12. The quantitative estimate of drug-likeness (QED) is 0.0962. The van der Waals surface area contributed by atoms with E-state index < -0.39 is 5.97 Å². The van der Waals surface area contributed by atoms with E-state index in [-0.39, 0.29) is 18.5 Å². The Hall–Kier alpha value is -1.58. The molecule has 0 aromatic rings. The molecular weight excluding hydrogens is 400 g/mol. The molecule has 32 heavy (non-hydrogen) atoms. The Bertz CT molecular complexity index is 496. The van der Waals surface area contributed by atoms with Crippen molar-refractivity contribution in [2.75, 3.05) is 0 Å². The maximum atomic E-state index is 11.8. The molecule has 0 amide bonds. The molecular formula is C28H50O4. The van der Waals surface area contributed by atoms with Gasteiger partial charge >= 0.3 is 11.9 Å². The zero-order chi connectivity index (χ0) is 23.7. The molecule has 0 heterocycles. The summed E-state index contributed by atoms with van der Waals surface area (Å²) in [5.74, 6) is -0.947. The highest BCUT2D eigenvalue weighted by atomic mass is 16.5. The van der Waals surface area contributed by atoms with E-state index >= 15 is 0 Å². The molecule has 0 saturated heterocycles. The molecule has 1 unspecified atom stereocenters. The number of carboxylic acid groups (broad SMARTS) is 1. The van der Waals surface area contributed by atoms with Crippen molar-refractivity contribution in [3.63, 3.8) is 0 Å². The molecule has 1 atom stereocenters. The van der Waals surface area contributed by atoms with Gasteiger partial charge in [-0.3, -0.25) is 9.59 Å². The molecule has 186 valence electrons. The summed E-state index contributed by atoms with van der Waals surface area (Å²) in [7, 11) is 0. The Kier molecular flexibility index (Phi) is 22.9. The maximum Gasteiger partial charge on any atom is 0.306 e. The van der Waals surface area contributed by atoms with Crippen molar-refractivity contribution in [3.8, 4) is 0 Å². The van der Waals surface area contributed by atoms with Crippen molar-refractivity contribution in [2.24, 2.45) is 0 Å². The van der Waals surface area contributed by atoms with Gasteiger partial charge in [0.2, 0.25) is 0 Å². The van der Waals surface area contributed by atoms with Crippen LogP contribution in [0.5, 0.6) is 0 Å². The molecule has 0 bridgehead atoms. The number of hydrogen-bond acceptors (Lipinski definition) is 3. The second kappa shape index (κ2) is 24.1. The van der Waals surface area contributed by atoms with Gasteiger partial charge in [-0.1, -0.05) is 89.0 Å². The number of hydrogen-bond donors (Lipinski definition) is 1. The van der Waals surface area contributed by atoms with Crippen LogP contribution in [0.2, 0.25) is 0 Å². The SMILES string of the molecule is CCCCC/C=C\C/C=C\CCCCCCCCCCCC(=O)OC(C)CCCC(=O)O. The number of esters is 1. The van der Waals surface area contributed by atoms with Crippen LogP contribution in [-0.4, -0.2) is 23.1 Å². The van der Waals surface area contributed by atoms with Gasteiger partial charge in [-0.15, -0.1) is 0 Å². The van der Waals surface area contributed by atoms with E-state index in [1.807, 2.05) is 6.92 Å². The highest BCUT2D eigenvalue weighted by Gasteiger charge is 2.10. The van der Waals surface area contributed by atoms with Crippen LogP contribution in [0.1, 0.15) is 136 Å². The molecule has 0 aliphatic carbocycles. The molecule has 0 aromatic carbocycles. The molecule has 0 radical (unpaired) electrons. The second-order valence-electron chi connectivity index (χ2n) is 8.98. The molecule has 0 aliphatic rings.